The molecule has 0 aliphatic heterocycles. The second-order valence-electron chi connectivity index (χ2n) is 4.08. The Labute approximate surface area is 125 Å². The lowest BCUT2D eigenvalue weighted by atomic mass is 10.4. The van der Waals surface area contributed by atoms with E-state index in [4.69, 9.17) is 13.6 Å². The van der Waals surface area contributed by atoms with Gasteiger partial charge in [0, 0.05) is 0 Å². The second-order valence-corrected chi connectivity index (χ2v) is 4.08. The molecular formula is C14H13NO7. The van der Waals surface area contributed by atoms with Crippen LogP contribution >= 0.6 is 0 Å². The first-order valence-electron chi connectivity index (χ1n) is 6.24. The van der Waals surface area contributed by atoms with Crippen molar-refractivity contribution in [2.24, 2.45) is 0 Å². The standard InChI is InChI=1S/C14H13NO7/c1-19-14(18)11-5-4-9(22-11)8-21-12(16)7-15-13(17)10-3-2-6-20-10/h2-6H,7-8H2,1H3,(H,15,17). The van der Waals surface area contributed by atoms with Gasteiger partial charge in [-0.15, -0.1) is 0 Å². The van der Waals surface area contributed by atoms with Crippen LogP contribution in [0.5, 0.6) is 0 Å². The maximum Gasteiger partial charge on any atom is 0.373 e. The molecule has 1 amide bonds. The molecule has 8 heteroatoms. The van der Waals surface area contributed by atoms with Gasteiger partial charge < -0.3 is 23.6 Å². The molecule has 0 fully saturated rings. The first-order valence-corrected chi connectivity index (χ1v) is 6.24. The molecule has 0 saturated carbocycles. The predicted octanol–water partition coefficient (Wildman–Crippen LogP) is 1.13. The quantitative estimate of drug-likeness (QED) is 0.797. The molecule has 2 heterocycles. The minimum Gasteiger partial charge on any atom is -0.463 e. The van der Waals surface area contributed by atoms with E-state index in [0.717, 1.165) is 0 Å². The van der Waals surface area contributed by atoms with Crippen LogP contribution in [0.2, 0.25) is 0 Å². The van der Waals surface area contributed by atoms with Crippen molar-refractivity contribution < 1.29 is 32.7 Å². The van der Waals surface area contributed by atoms with Gasteiger partial charge >= 0.3 is 11.9 Å². The lowest BCUT2D eigenvalue weighted by Crippen LogP contribution is -2.30. The number of carbonyl (C=O) groups excluding carboxylic acids is 3. The number of nitrogens with one attached hydrogen (secondary N) is 1. The van der Waals surface area contributed by atoms with Gasteiger partial charge in [-0.3, -0.25) is 9.59 Å². The zero-order valence-corrected chi connectivity index (χ0v) is 11.7. The van der Waals surface area contributed by atoms with E-state index in [1.807, 2.05) is 0 Å². The minimum atomic E-state index is -0.657. The maximum absolute atomic E-state index is 11.5. The smallest absolute Gasteiger partial charge is 0.373 e. The summed E-state index contributed by atoms with van der Waals surface area (Å²) in [6.45, 7) is -0.476. The Balaban J connectivity index is 1.75. The van der Waals surface area contributed by atoms with E-state index < -0.39 is 17.8 Å². The summed E-state index contributed by atoms with van der Waals surface area (Å²) in [7, 11) is 1.23. The van der Waals surface area contributed by atoms with Gasteiger partial charge in [0.1, 0.15) is 18.9 Å². The van der Waals surface area contributed by atoms with Crippen molar-refractivity contribution in [3.63, 3.8) is 0 Å². The maximum atomic E-state index is 11.5. The van der Waals surface area contributed by atoms with Crippen LogP contribution in [-0.2, 0) is 20.9 Å². The molecule has 116 valence electrons. The van der Waals surface area contributed by atoms with Crippen molar-refractivity contribution in [2.75, 3.05) is 13.7 Å². The predicted molar refractivity (Wildman–Crippen MR) is 70.9 cm³/mol. The van der Waals surface area contributed by atoms with Crippen molar-refractivity contribution in [1.82, 2.24) is 5.32 Å². The average Bonchev–Trinajstić information content (AvgIpc) is 3.20. The van der Waals surface area contributed by atoms with Crippen LogP contribution in [0, 0.1) is 0 Å². The van der Waals surface area contributed by atoms with Gasteiger partial charge in [0.25, 0.3) is 5.91 Å². The number of esters is 2. The van der Waals surface area contributed by atoms with Crippen LogP contribution in [0.3, 0.4) is 0 Å². The van der Waals surface area contributed by atoms with Crippen molar-refractivity contribution >= 4 is 17.8 Å². The molecule has 1 N–H and O–H groups in total. The molecule has 0 unspecified atom stereocenters. The number of furan rings is 2. The van der Waals surface area contributed by atoms with Crippen LogP contribution < -0.4 is 5.32 Å². The van der Waals surface area contributed by atoms with E-state index in [0.29, 0.717) is 0 Å². The molecule has 0 aliphatic rings. The zero-order valence-electron chi connectivity index (χ0n) is 11.7. The molecule has 0 bridgehead atoms. The van der Waals surface area contributed by atoms with Gasteiger partial charge in [-0.25, -0.2) is 4.79 Å². The van der Waals surface area contributed by atoms with Crippen molar-refractivity contribution in [1.29, 1.82) is 0 Å². The summed E-state index contributed by atoms with van der Waals surface area (Å²) in [5.41, 5.74) is 0. The molecule has 8 nitrogen and oxygen atoms in total. The number of rotatable bonds is 6. The van der Waals surface area contributed by atoms with Crippen molar-refractivity contribution in [3.8, 4) is 0 Å². The molecule has 0 radical (unpaired) electrons. The second kappa shape index (κ2) is 7.11. The Bertz CT molecular complexity index is 657. The number of hydrogen-bond acceptors (Lipinski definition) is 7. The van der Waals surface area contributed by atoms with E-state index >= 15 is 0 Å². The highest BCUT2D eigenvalue weighted by Crippen LogP contribution is 2.10. The fraction of sp³-hybridized carbons (Fsp3) is 0.214. The Kier molecular flexibility index (Phi) is 4.97. The summed E-state index contributed by atoms with van der Waals surface area (Å²) in [6.07, 6.45) is 1.35. The van der Waals surface area contributed by atoms with Crippen molar-refractivity contribution in [2.45, 2.75) is 6.61 Å². The first kappa shape index (κ1) is 15.4. The molecule has 2 rings (SSSR count). The van der Waals surface area contributed by atoms with Gasteiger partial charge in [0.2, 0.25) is 5.76 Å². The third-order valence-electron chi connectivity index (χ3n) is 2.56. The Hall–Kier alpha value is -3.03. The summed E-state index contributed by atoms with van der Waals surface area (Å²) in [5.74, 6) is -1.40. The van der Waals surface area contributed by atoms with E-state index in [2.05, 4.69) is 10.1 Å². The zero-order chi connectivity index (χ0) is 15.9. The SMILES string of the molecule is COC(=O)c1ccc(COC(=O)CNC(=O)c2ccco2)o1. The minimum absolute atomic E-state index is 0.0136. The van der Waals surface area contributed by atoms with Crippen LogP contribution in [0.4, 0.5) is 0 Å². The van der Waals surface area contributed by atoms with Crippen LogP contribution in [0.15, 0.2) is 39.4 Å². The van der Waals surface area contributed by atoms with Crippen LogP contribution in [0.1, 0.15) is 26.9 Å². The summed E-state index contributed by atoms with van der Waals surface area (Å²) >= 11 is 0. The number of carbonyl (C=O) groups is 3. The Morgan fingerprint density at radius 1 is 1.18 bits per heavy atom. The van der Waals surface area contributed by atoms with Crippen LogP contribution in [0.25, 0.3) is 0 Å². The molecule has 0 atom stereocenters. The molecule has 0 spiro atoms. The first-order chi connectivity index (χ1) is 10.6. The van der Waals surface area contributed by atoms with E-state index in [1.54, 1.807) is 6.07 Å². The highest BCUT2D eigenvalue weighted by Gasteiger charge is 2.14. The molecule has 0 saturated heterocycles. The fourth-order valence-corrected chi connectivity index (χ4v) is 1.52. The lowest BCUT2D eigenvalue weighted by Gasteiger charge is -2.04. The molecule has 22 heavy (non-hydrogen) atoms. The monoisotopic (exact) mass is 307 g/mol. The lowest BCUT2D eigenvalue weighted by molar-refractivity contribution is -0.144. The van der Waals surface area contributed by atoms with Crippen LogP contribution in [-0.4, -0.2) is 31.5 Å². The van der Waals surface area contributed by atoms with Crippen molar-refractivity contribution in [3.05, 3.63) is 47.8 Å². The third-order valence-corrected chi connectivity index (χ3v) is 2.56. The molecule has 2 aromatic heterocycles. The van der Waals surface area contributed by atoms with E-state index in [1.165, 1.54) is 31.6 Å². The van der Waals surface area contributed by atoms with Gasteiger partial charge in [-0.05, 0) is 24.3 Å². The largest absolute Gasteiger partial charge is 0.463 e. The summed E-state index contributed by atoms with van der Waals surface area (Å²) < 4.78 is 19.4. The third kappa shape index (κ3) is 3.98. The number of ether oxygens (including phenoxy) is 2. The summed E-state index contributed by atoms with van der Waals surface area (Å²) in [6, 6.07) is 5.93. The molecule has 2 aromatic rings. The molecular weight excluding hydrogens is 294 g/mol. The topological polar surface area (TPSA) is 108 Å². The Morgan fingerprint density at radius 2 is 2.00 bits per heavy atom. The number of amides is 1. The normalized spacial score (nSPS) is 10.0. The molecule has 0 aromatic carbocycles. The van der Waals surface area contributed by atoms with Gasteiger partial charge in [-0.1, -0.05) is 0 Å². The van der Waals surface area contributed by atoms with Gasteiger partial charge in [0.15, 0.2) is 5.76 Å². The van der Waals surface area contributed by atoms with E-state index in [9.17, 15) is 14.4 Å². The highest BCUT2D eigenvalue weighted by atomic mass is 16.6. The molecule has 0 aliphatic carbocycles. The number of methoxy groups -OCH3 is 1. The Morgan fingerprint density at radius 3 is 2.68 bits per heavy atom. The average molecular weight is 307 g/mol. The summed E-state index contributed by atoms with van der Waals surface area (Å²) in [5, 5.41) is 2.34. The van der Waals surface area contributed by atoms with E-state index in [-0.39, 0.29) is 30.4 Å². The fourth-order valence-electron chi connectivity index (χ4n) is 1.52. The van der Waals surface area contributed by atoms with Gasteiger partial charge in [0.05, 0.1) is 13.4 Å². The highest BCUT2D eigenvalue weighted by molar-refractivity contribution is 5.93. The van der Waals surface area contributed by atoms with Gasteiger partial charge in [-0.2, -0.15) is 0 Å². The summed E-state index contributed by atoms with van der Waals surface area (Å²) in [4.78, 5) is 34.2. The number of hydrogen-bond donors (Lipinski definition) is 1.